The molecule has 2 fully saturated rings. The molecule has 2 atom stereocenters. The third kappa shape index (κ3) is 2.70. The normalized spacial score (nSPS) is 26.2. The van der Waals surface area contributed by atoms with Gasteiger partial charge in [0.15, 0.2) is 0 Å². The number of fused-ring (bicyclic) bond motifs is 2. The van der Waals surface area contributed by atoms with E-state index in [0.29, 0.717) is 6.04 Å². The van der Waals surface area contributed by atoms with Gasteiger partial charge in [-0.1, -0.05) is 19.9 Å². The van der Waals surface area contributed by atoms with Gasteiger partial charge in [-0.2, -0.15) is 0 Å². The molecule has 2 aliphatic heterocycles. The van der Waals surface area contributed by atoms with Crippen molar-refractivity contribution in [3.63, 3.8) is 0 Å². The second-order valence-corrected chi connectivity index (χ2v) is 6.38. The van der Waals surface area contributed by atoms with Crippen molar-refractivity contribution < 1.29 is 4.74 Å². The van der Waals surface area contributed by atoms with Crippen molar-refractivity contribution in [1.29, 1.82) is 0 Å². The fourth-order valence-corrected chi connectivity index (χ4v) is 3.68. The fraction of sp³-hybridized carbons (Fsp3) is 0.526. The number of rotatable bonds is 2. The number of likely N-dealkylation sites (tertiary alicyclic amines) is 1. The van der Waals surface area contributed by atoms with Crippen LogP contribution in [0.2, 0.25) is 0 Å². The van der Waals surface area contributed by atoms with Crippen LogP contribution in [-0.4, -0.2) is 43.2 Å². The molecule has 1 aromatic carbocycles. The molecule has 2 aromatic rings. The number of methoxy groups -OCH3 is 1. The summed E-state index contributed by atoms with van der Waals surface area (Å²) in [6.45, 7) is 8.27. The molecule has 4 heteroatoms. The van der Waals surface area contributed by atoms with E-state index in [1.54, 1.807) is 7.11 Å². The van der Waals surface area contributed by atoms with E-state index in [9.17, 15) is 0 Å². The first-order valence-corrected chi connectivity index (χ1v) is 8.54. The molecule has 0 aliphatic carbocycles. The van der Waals surface area contributed by atoms with Crippen molar-refractivity contribution in [2.45, 2.75) is 38.8 Å². The molecule has 0 radical (unpaired) electrons. The highest BCUT2D eigenvalue weighted by molar-refractivity contribution is 5.86. The van der Waals surface area contributed by atoms with Crippen LogP contribution in [0.5, 0.6) is 5.75 Å². The summed E-state index contributed by atoms with van der Waals surface area (Å²) in [5, 5.41) is 4.81. The summed E-state index contributed by atoms with van der Waals surface area (Å²) in [7, 11) is 3.92. The van der Waals surface area contributed by atoms with E-state index in [0.717, 1.165) is 35.4 Å². The molecule has 4 rings (SSSR count). The molecule has 0 saturated carbocycles. The predicted octanol–water partition coefficient (Wildman–Crippen LogP) is 3.08. The molecule has 2 aliphatic rings. The van der Waals surface area contributed by atoms with E-state index < -0.39 is 0 Å². The zero-order chi connectivity index (χ0) is 16.6. The minimum Gasteiger partial charge on any atom is -0.496 e. The van der Waals surface area contributed by atoms with Gasteiger partial charge in [0.1, 0.15) is 5.75 Å². The van der Waals surface area contributed by atoms with E-state index in [2.05, 4.69) is 40.4 Å². The molecular weight excluding hydrogens is 286 g/mol. The van der Waals surface area contributed by atoms with Crippen LogP contribution in [0.15, 0.2) is 24.3 Å². The Morgan fingerprint density at radius 1 is 1.30 bits per heavy atom. The molecule has 1 N–H and O–H groups in total. The Morgan fingerprint density at radius 3 is 2.78 bits per heavy atom. The highest BCUT2D eigenvalue weighted by Crippen LogP contribution is 2.45. The van der Waals surface area contributed by atoms with Crippen LogP contribution in [0.3, 0.4) is 0 Å². The first kappa shape index (κ1) is 16.2. The number of nitrogens with one attached hydrogen (secondary N) is 1. The highest BCUT2D eigenvalue weighted by atomic mass is 16.5. The molecule has 1 aromatic heterocycles. The van der Waals surface area contributed by atoms with E-state index in [4.69, 9.17) is 4.74 Å². The summed E-state index contributed by atoms with van der Waals surface area (Å²) in [4.78, 5) is 7.01. The zero-order valence-electron chi connectivity index (χ0n) is 14.8. The van der Waals surface area contributed by atoms with Gasteiger partial charge in [-0.05, 0) is 38.1 Å². The number of ether oxygens (including phenoxy) is 1. The van der Waals surface area contributed by atoms with Gasteiger partial charge >= 0.3 is 0 Å². The first-order chi connectivity index (χ1) is 11.1. The van der Waals surface area contributed by atoms with Gasteiger partial charge in [0.05, 0.1) is 18.2 Å². The predicted molar refractivity (Wildman–Crippen MR) is 95.1 cm³/mol. The van der Waals surface area contributed by atoms with Gasteiger partial charge in [0.25, 0.3) is 0 Å². The van der Waals surface area contributed by atoms with E-state index in [-0.39, 0.29) is 5.54 Å². The van der Waals surface area contributed by atoms with E-state index >= 15 is 0 Å². The summed E-state index contributed by atoms with van der Waals surface area (Å²) < 4.78 is 5.55. The van der Waals surface area contributed by atoms with Crippen LogP contribution < -0.4 is 10.1 Å². The number of benzene rings is 1. The molecule has 2 saturated heterocycles. The van der Waals surface area contributed by atoms with Crippen LogP contribution in [0, 0.1) is 6.92 Å². The maximum atomic E-state index is 5.55. The zero-order valence-corrected chi connectivity index (χ0v) is 14.8. The van der Waals surface area contributed by atoms with Gasteiger partial charge in [-0.15, -0.1) is 0 Å². The second-order valence-electron chi connectivity index (χ2n) is 6.38. The van der Waals surface area contributed by atoms with Gasteiger partial charge < -0.3 is 9.64 Å². The Labute approximate surface area is 138 Å². The second kappa shape index (κ2) is 6.10. The summed E-state index contributed by atoms with van der Waals surface area (Å²) in [6, 6.07) is 9.21. The lowest BCUT2D eigenvalue weighted by Crippen LogP contribution is -2.35. The average molecular weight is 313 g/mol. The lowest BCUT2D eigenvalue weighted by Gasteiger charge is -2.27. The lowest BCUT2D eigenvalue weighted by atomic mass is 9.88. The third-order valence-corrected chi connectivity index (χ3v) is 4.96. The summed E-state index contributed by atoms with van der Waals surface area (Å²) in [5.74, 6) is 0.917. The largest absolute Gasteiger partial charge is 0.496 e. The Kier molecular flexibility index (Phi) is 4.30. The Balaban J connectivity index is 0.000000753. The molecule has 23 heavy (non-hydrogen) atoms. The van der Waals surface area contributed by atoms with Crippen molar-refractivity contribution in [1.82, 2.24) is 15.2 Å². The van der Waals surface area contributed by atoms with Crippen LogP contribution in [0.25, 0.3) is 10.9 Å². The van der Waals surface area contributed by atoms with Crippen molar-refractivity contribution in [3.8, 4) is 5.75 Å². The number of nitrogens with zero attached hydrogens (tertiary/aromatic N) is 2. The molecule has 0 amide bonds. The van der Waals surface area contributed by atoms with Gasteiger partial charge in [-0.3, -0.25) is 10.3 Å². The monoisotopic (exact) mass is 313 g/mol. The molecule has 0 spiro atoms. The molecule has 124 valence electrons. The quantitative estimate of drug-likeness (QED) is 0.866. The maximum Gasteiger partial charge on any atom is 0.130 e. The Morgan fingerprint density at radius 2 is 2.09 bits per heavy atom. The van der Waals surface area contributed by atoms with Crippen molar-refractivity contribution in [2.24, 2.45) is 0 Å². The molecule has 3 heterocycles. The Hall–Kier alpha value is -1.65. The number of piperidine rings is 1. The first-order valence-electron chi connectivity index (χ1n) is 8.54. The van der Waals surface area contributed by atoms with E-state index in [1.807, 2.05) is 26.8 Å². The van der Waals surface area contributed by atoms with Crippen molar-refractivity contribution in [2.75, 3.05) is 27.2 Å². The fourth-order valence-electron chi connectivity index (χ4n) is 3.68. The smallest absolute Gasteiger partial charge is 0.130 e. The number of likely N-dealkylation sites (N-methyl/N-ethyl adjacent to an activating group) is 1. The number of aromatic nitrogens is 1. The number of hydrogen-bond acceptors (Lipinski definition) is 4. The van der Waals surface area contributed by atoms with E-state index in [1.165, 1.54) is 12.0 Å². The molecule has 2 unspecified atom stereocenters. The standard InChI is InChI=1S/C17H21N3O.C2H6/c1-11-8-15(21-3)13-9-12(4-5-14(13)18-11)17-6-7-20(2)10-16(17)19-17;1-2/h4-5,8-9,16,19H,6-7,10H2,1-3H3;1-2H3. The SMILES string of the molecule is CC.COc1cc(C)nc2ccc(C34CCN(C)CC3N4)cc12. The maximum absolute atomic E-state index is 5.55. The van der Waals surface area contributed by atoms with Crippen LogP contribution >= 0.6 is 0 Å². The lowest BCUT2D eigenvalue weighted by molar-refractivity contribution is 0.272. The highest BCUT2D eigenvalue weighted by Gasteiger charge is 2.56. The summed E-state index contributed by atoms with van der Waals surface area (Å²) >= 11 is 0. The van der Waals surface area contributed by atoms with Crippen molar-refractivity contribution in [3.05, 3.63) is 35.5 Å². The van der Waals surface area contributed by atoms with Crippen LogP contribution in [-0.2, 0) is 5.54 Å². The Bertz CT molecular complexity index is 715. The third-order valence-electron chi connectivity index (χ3n) is 4.96. The average Bonchev–Trinajstić information content (AvgIpc) is 3.30. The number of aryl methyl sites for hydroxylation is 1. The number of hydrogen-bond donors (Lipinski definition) is 1. The number of pyridine rings is 1. The van der Waals surface area contributed by atoms with Crippen LogP contribution in [0.1, 0.15) is 31.5 Å². The van der Waals surface area contributed by atoms with Crippen molar-refractivity contribution >= 4 is 10.9 Å². The topological polar surface area (TPSA) is 47.3 Å². The molecule has 4 nitrogen and oxygen atoms in total. The minimum atomic E-state index is 0.177. The van der Waals surface area contributed by atoms with Gasteiger partial charge in [0.2, 0.25) is 0 Å². The summed E-state index contributed by atoms with van der Waals surface area (Å²) in [5.41, 5.74) is 3.55. The molecule has 0 bridgehead atoms. The summed E-state index contributed by atoms with van der Waals surface area (Å²) in [6.07, 6.45) is 1.17. The van der Waals surface area contributed by atoms with Gasteiger partial charge in [0, 0.05) is 36.3 Å². The van der Waals surface area contributed by atoms with Gasteiger partial charge in [-0.25, -0.2) is 0 Å². The molecular formula is C19H27N3O. The van der Waals surface area contributed by atoms with Crippen LogP contribution in [0.4, 0.5) is 0 Å². The minimum absolute atomic E-state index is 0.177.